The summed E-state index contributed by atoms with van der Waals surface area (Å²) in [4.78, 5) is 0. The van der Waals surface area contributed by atoms with Crippen LogP contribution >= 0.6 is 23.5 Å². The zero-order chi connectivity index (χ0) is 13.0. The van der Waals surface area contributed by atoms with E-state index in [1.807, 2.05) is 0 Å². The first-order valence-electron chi connectivity index (χ1n) is 7.66. The lowest BCUT2D eigenvalue weighted by Crippen LogP contribution is -2.48. The molecule has 0 aromatic carbocycles. The molecule has 3 heteroatoms. The van der Waals surface area contributed by atoms with Crippen LogP contribution in [0.4, 0.5) is 0 Å². The summed E-state index contributed by atoms with van der Waals surface area (Å²) in [5, 5.41) is 5.41. The highest BCUT2D eigenvalue weighted by molar-refractivity contribution is 8.07. The van der Waals surface area contributed by atoms with Gasteiger partial charge in [-0.15, -0.1) is 0 Å². The number of thioether (sulfide) groups is 2. The van der Waals surface area contributed by atoms with Gasteiger partial charge >= 0.3 is 0 Å². The van der Waals surface area contributed by atoms with Crippen molar-refractivity contribution in [3.63, 3.8) is 0 Å². The molecule has 2 fully saturated rings. The van der Waals surface area contributed by atoms with E-state index in [9.17, 15) is 0 Å². The average molecular weight is 288 g/mol. The molecule has 2 aliphatic rings. The lowest BCUT2D eigenvalue weighted by molar-refractivity contribution is 0.231. The van der Waals surface area contributed by atoms with Gasteiger partial charge in [-0.3, -0.25) is 0 Å². The van der Waals surface area contributed by atoms with Crippen LogP contribution in [0.2, 0.25) is 0 Å². The number of hydrogen-bond acceptors (Lipinski definition) is 3. The third-order valence-electron chi connectivity index (χ3n) is 4.75. The second kappa shape index (κ2) is 7.44. The van der Waals surface area contributed by atoms with E-state index in [2.05, 4.69) is 49.7 Å². The Morgan fingerprint density at radius 1 is 1.11 bits per heavy atom. The predicted molar refractivity (Wildman–Crippen MR) is 86.8 cm³/mol. The minimum absolute atomic E-state index is 0.750. The molecule has 1 aliphatic carbocycles. The van der Waals surface area contributed by atoms with Crippen molar-refractivity contribution in [2.24, 2.45) is 11.8 Å². The Bertz CT molecular complexity index is 239. The Morgan fingerprint density at radius 3 is 2.39 bits per heavy atom. The molecule has 0 radical (unpaired) electrons. The summed E-state index contributed by atoms with van der Waals surface area (Å²) >= 11 is 4.46. The lowest BCUT2D eigenvalue weighted by atomic mass is 9.78. The Hall–Kier alpha value is 0.660. The van der Waals surface area contributed by atoms with Gasteiger partial charge in [0.05, 0.1) is 0 Å². The second-order valence-corrected chi connectivity index (χ2v) is 8.62. The summed E-state index contributed by atoms with van der Waals surface area (Å²) in [6.07, 6.45) is 7.13. The van der Waals surface area contributed by atoms with Crippen LogP contribution in [0.1, 0.15) is 46.0 Å². The molecule has 3 atom stereocenters. The molecule has 1 N–H and O–H groups in total. The van der Waals surface area contributed by atoms with Crippen LogP contribution in [0.15, 0.2) is 0 Å². The van der Waals surface area contributed by atoms with E-state index >= 15 is 0 Å². The molecule has 0 aromatic heterocycles. The molecular weight excluding hydrogens is 258 g/mol. The van der Waals surface area contributed by atoms with Crippen LogP contribution < -0.4 is 5.32 Å². The summed E-state index contributed by atoms with van der Waals surface area (Å²) in [5.74, 6) is 4.61. The quantitative estimate of drug-likeness (QED) is 0.838. The first-order chi connectivity index (χ1) is 8.76. The molecule has 1 aliphatic heterocycles. The molecule has 0 spiro atoms. The molecule has 0 aromatic rings. The predicted octanol–water partition coefficient (Wildman–Crippen LogP) is 4.03. The Morgan fingerprint density at radius 2 is 1.78 bits per heavy atom. The highest BCUT2D eigenvalue weighted by Gasteiger charge is 2.36. The van der Waals surface area contributed by atoms with Gasteiger partial charge in [0.25, 0.3) is 0 Å². The molecular formula is C15H29NS2. The van der Waals surface area contributed by atoms with Crippen molar-refractivity contribution in [3.05, 3.63) is 0 Å². The van der Waals surface area contributed by atoms with Crippen molar-refractivity contribution < 1.29 is 0 Å². The summed E-state index contributed by atoms with van der Waals surface area (Å²) in [7, 11) is 2.19. The largest absolute Gasteiger partial charge is 0.316 e. The third-order valence-corrected chi connectivity index (χ3v) is 8.12. The monoisotopic (exact) mass is 287 g/mol. The van der Waals surface area contributed by atoms with Gasteiger partial charge in [-0.25, -0.2) is 0 Å². The Balaban J connectivity index is 1.97. The van der Waals surface area contributed by atoms with E-state index < -0.39 is 0 Å². The third kappa shape index (κ3) is 3.61. The van der Waals surface area contributed by atoms with Gasteiger partial charge in [0.1, 0.15) is 0 Å². The van der Waals surface area contributed by atoms with Crippen molar-refractivity contribution in [1.29, 1.82) is 0 Å². The number of hydrogen-bond donors (Lipinski definition) is 1. The number of rotatable bonds is 4. The maximum Gasteiger partial charge on any atom is 0.0322 e. The fraction of sp³-hybridized carbons (Fsp3) is 1.00. The van der Waals surface area contributed by atoms with Gasteiger partial charge in [0.15, 0.2) is 0 Å². The van der Waals surface area contributed by atoms with Crippen LogP contribution in [0.25, 0.3) is 0 Å². The molecule has 0 amide bonds. The Kier molecular flexibility index (Phi) is 6.23. The SMILES string of the molecule is CCC1SCCSC1C(NC)C1CCC(C)CC1. The highest BCUT2D eigenvalue weighted by Crippen LogP contribution is 2.40. The van der Waals surface area contributed by atoms with Crippen LogP contribution in [-0.2, 0) is 0 Å². The summed E-state index contributed by atoms with van der Waals surface area (Å²) < 4.78 is 0. The highest BCUT2D eigenvalue weighted by atomic mass is 32.2. The van der Waals surface area contributed by atoms with Crippen molar-refractivity contribution in [2.75, 3.05) is 18.6 Å². The van der Waals surface area contributed by atoms with Gasteiger partial charge in [-0.05, 0) is 38.1 Å². The standard InChI is InChI=1S/C15H29NS2/c1-4-13-15(18-10-9-17-13)14(16-3)12-7-5-11(2)6-8-12/h11-16H,4-10H2,1-3H3. The average Bonchev–Trinajstić information content (AvgIpc) is 2.42. The van der Waals surface area contributed by atoms with E-state index in [1.165, 1.54) is 43.6 Å². The van der Waals surface area contributed by atoms with Crippen LogP contribution in [0.3, 0.4) is 0 Å². The molecule has 1 heterocycles. The zero-order valence-electron chi connectivity index (χ0n) is 12.2. The lowest BCUT2D eigenvalue weighted by Gasteiger charge is -2.41. The number of nitrogens with one attached hydrogen (secondary N) is 1. The van der Waals surface area contributed by atoms with Gasteiger partial charge in [-0.2, -0.15) is 23.5 Å². The molecule has 1 saturated carbocycles. The van der Waals surface area contributed by atoms with E-state index in [-0.39, 0.29) is 0 Å². The van der Waals surface area contributed by atoms with E-state index in [0.29, 0.717) is 0 Å². The molecule has 1 nitrogen and oxygen atoms in total. The molecule has 106 valence electrons. The molecule has 2 rings (SSSR count). The summed E-state index contributed by atoms with van der Waals surface area (Å²) in [6, 6.07) is 0.750. The smallest absolute Gasteiger partial charge is 0.0322 e. The van der Waals surface area contributed by atoms with Crippen molar-refractivity contribution in [1.82, 2.24) is 5.32 Å². The summed E-state index contributed by atoms with van der Waals surface area (Å²) in [5.41, 5.74) is 0. The first kappa shape index (κ1) is 15.1. The van der Waals surface area contributed by atoms with Gasteiger partial charge in [0, 0.05) is 28.0 Å². The second-order valence-electron chi connectivity index (χ2n) is 5.99. The van der Waals surface area contributed by atoms with Crippen molar-refractivity contribution in [3.8, 4) is 0 Å². The molecule has 0 bridgehead atoms. The van der Waals surface area contributed by atoms with Gasteiger partial charge in [0.2, 0.25) is 0 Å². The first-order valence-corrected chi connectivity index (χ1v) is 9.76. The normalized spacial score (nSPS) is 39.5. The van der Waals surface area contributed by atoms with Gasteiger partial charge < -0.3 is 5.32 Å². The van der Waals surface area contributed by atoms with Gasteiger partial charge in [-0.1, -0.05) is 26.7 Å². The van der Waals surface area contributed by atoms with Crippen molar-refractivity contribution >= 4 is 23.5 Å². The fourth-order valence-electron chi connectivity index (χ4n) is 3.58. The van der Waals surface area contributed by atoms with Crippen LogP contribution in [0, 0.1) is 11.8 Å². The van der Waals surface area contributed by atoms with Crippen LogP contribution in [0.5, 0.6) is 0 Å². The zero-order valence-corrected chi connectivity index (χ0v) is 13.8. The molecule has 1 saturated heterocycles. The van der Waals surface area contributed by atoms with Crippen molar-refractivity contribution in [2.45, 2.75) is 62.5 Å². The maximum absolute atomic E-state index is 3.69. The maximum atomic E-state index is 3.69. The molecule has 18 heavy (non-hydrogen) atoms. The minimum Gasteiger partial charge on any atom is -0.316 e. The van der Waals surface area contributed by atoms with E-state index in [0.717, 1.165) is 28.4 Å². The molecule has 3 unspecified atom stereocenters. The van der Waals surface area contributed by atoms with Crippen LogP contribution in [-0.4, -0.2) is 35.1 Å². The summed E-state index contributed by atoms with van der Waals surface area (Å²) in [6.45, 7) is 4.79. The topological polar surface area (TPSA) is 12.0 Å². The fourth-order valence-corrected chi connectivity index (χ4v) is 6.97. The minimum atomic E-state index is 0.750. The van der Waals surface area contributed by atoms with E-state index in [1.54, 1.807) is 0 Å². The van der Waals surface area contributed by atoms with E-state index in [4.69, 9.17) is 0 Å². The Labute approximate surface area is 122 Å².